The number of hydrogen-bond acceptors (Lipinski definition) is 25. The Morgan fingerprint density at radius 2 is 0.756 bits per heavy atom. The summed E-state index contributed by atoms with van der Waals surface area (Å²) in [5, 5.41) is 0. The minimum absolute atomic E-state index is 0.0573. The van der Waals surface area contributed by atoms with Crippen molar-refractivity contribution in [3.05, 3.63) is 58.1 Å². The molecule has 5 atom stereocenters. The zero-order valence-corrected chi connectivity index (χ0v) is 50.1. The van der Waals surface area contributed by atoms with E-state index in [2.05, 4.69) is 6.92 Å². The van der Waals surface area contributed by atoms with E-state index in [1.54, 1.807) is 65.9 Å². The van der Waals surface area contributed by atoms with E-state index in [4.69, 9.17) is 101 Å². The van der Waals surface area contributed by atoms with Crippen LogP contribution in [0.15, 0.2) is 54.8 Å². The third-order valence-electron chi connectivity index (χ3n) is 12.4. The number of nitrogen functional groups attached to an aromatic ring is 10. The average molecular weight is 1170 g/mol. The molecule has 0 saturated carbocycles. The van der Waals surface area contributed by atoms with E-state index in [1.807, 2.05) is 90.9 Å². The lowest BCUT2D eigenvalue weighted by Gasteiger charge is -2.31. The summed E-state index contributed by atoms with van der Waals surface area (Å²) >= 11 is 8.21. The summed E-state index contributed by atoms with van der Waals surface area (Å²) in [5.74, 6) is 7.16. The molecule has 0 aliphatic carbocycles. The van der Waals surface area contributed by atoms with Gasteiger partial charge in [0.15, 0.2) is 41.2 Å². The van der Waals surface area contributed by atoms with Crippen LogP contribution in [0.1, 0.15) is 48.1 Å². The monoisotopic (exact) mass is 1170 g/mol. The molecule has 10 rings (SSSR count). The highest BCUT2D eigenvalue weighted by Crippen LogP contribution is 2.49. The standard InChI is InChI=1S/C12H18N2O2S.C11H17N3OS.C11H16N2O2S.C10H14N2O2S.C9H13N3OS/c1-3-4-15-9-6-17-12-10(14)7(2)5-8(13)11(12)16-9;1-6-4-7(12)10-11(9(6)13)16-5-8(15-10)14(2)3;1-3-14-8-5-16-11-9(13)6(2)4-7(12)10(11)15-8;1-5-3-6(11)9-10(8(5)12)15-4-7(13-2)14-9;1-4-2-5(10)8-9(7(4)12)14-3-6(11)13-8/h5,9H,3-4,6,13-14H2,1-2H3;4,8H,5,12-13H2,1-3H3;4,8H,3,5,12-13H2,1-2H3;3,7H,4,11-12H2,1-2H3;2,6H,3,10-12H2,1H3. The highest BCUT2D eigenvalue weighted by Gasteiger charge is 2.30. The molecule has 0 saturated heterocycles. The second-order valence-corrected chi connectivity index (χ2v) is 23.9. The summed E-state index contributed by atoms with van der Waals surface area (Å²) in [7, 11) is 5.60. The van der Waals surface area contributed by atoms with Crippen LogP contribution >= 0.6 is 58.8 Å². The predicted molar refractivity (Wildman–Crippen MR) is 328 cm³/mol. The van der Waals surface area contributed by atoms with Crippen molar-refractivity contribution in [2.24, 2.45) is 5.73 Å². The minimum Gasteiger partial charge on any atom is -0.471 e. The topological polar surface area (TPSA) is 363 Å². The van der Waals surface area contributed by atoms with Gasteiger partial charge in [-0.25, -0.2) is 0 Å². The van der Waals surface area contributed by atoms with Crippen molar-refractivity contribution in [2.75, 3.05) is 121 Å². The largest absolute Gasteiger partial charge is 0.471 e. The normalized spacial score (nSPS) is 19.3. The van der Waals surface area contributed by atoms with Crippen LogP contribution in [0.3, 0.4) is 0 Å². The maximum atomic E-state index is 6.02. The van der Waals surface area contributed by atoms with Gasteiger partial charge in [0, 0.05) is 25.2 Å². The number of nitrogens with zero attached hydrogens (tertiary/aromatic N) is 1. The second-order valence-electron chi connectivity index (χ2n) is 18.7. The lowest BCUT2D eigenvalue weighted by Crippen LogP contribution is -2.37. The van der Waals surface area contributed by atoms with Gasteiger partial charge >= 0.3 is 0 Å². The Bertz CT molecular complexity index is 2930. The van der Waals surface area contributed by atoms with Crippen LogP contribution in [0.5, 0.6) is 28.7 Å². The fraction of sp³-hybridized carbons (Fsp3) is 0.434. The zero-order valence-electron chi connectivity index (χ0n) is 46.0. The van der Waals surface area contributed by atoms with Gasteiger partial charge in [0.25, 0.3) is 0 Å². The molecule has 0 amide bonds. The molecule has 0 bridgehead atoms. The van der Waals surface area contributed by atoms with Crippen molar-refractivity contribution >= 4 is 116 Å². The molecule has 5 aliphatic heterocycles. The first kappa shape index (κ1) is 61.9. The number of benzene rings is 5. The summed E-state index contributed by atoms with van der Waals surface area (Å²) in [6, 6.07) is 9.19. The Morgan fingerprint density at radius 1 is 0.449 bits per heavy atom. The van der Waals surface area contributed by atoms with Crippen molar-refractivity contribution in [3.63, 3.8) is 0 Å². The van der Waals surface area contributed by atoms with Gasteiger partial charge in [-0.1, -0.05) is 6.92 Å². The van der Waals surface area contributed by atoms with Crippen LogP contribution in [0, 0.1) is 34.6 Å². The number of hydrogen-bond donors (Lipinski definition) is 11. The number of methoxy groups -OCH3 is 1. The molecule has 5 heterocycles. The number of rotatable bonds is 7. The molecule has 78 heavy (non-hydrogen) atoms. The Labute approximate surface area is 479 Å². The molecule has 5 unspecified atom stereocenters. The maximum Gasteiger partial charge on any atom is 0.209 e. The lowest BCUT2D eigenvalue weighted by atomic mass is 10.1. The van der Waals surface area contributed by atoms with Crippen molar-refractivity contribution in [1.82, 2.24) is 4.90 Å². The average Bonchev–Trinajstić information content (AvgIpc) is 3.50. The number of fused-ring (bicyclic) bond motifs is 5. The Morgan fingerprint density at radius 3 is 1.10 bits per heavy atom. The number of thioether (sulfide) groups is 5. The third-order valence-corrected chi connectivity index (χ3v) is 18.1. The molecule has 5 aliphatic rings. The smallest absolute Gasteiger partial charge is 0.209 e. The molecular weight excluding hydrogens is 1090 g/mol. The summed E-state index contributed by atoms with van der Waals surface area (Å²) < 4.78 is 44.5. The van der Waals surface area contributed by atoms with Gasteiger partial charge < -0.3 is 95.2 Å². The Hall–Kier alpha value is -5.35. The van der Waals surface area contributed by atoms with Crippen LogP contribution < -0.4 is 86.8 Å². The molecule has 25 heteroatoms. The highest BCUT2D eigenvalue weighted by molar-refractivity contribution is 8.00. The molecule has 0 fully saturated rings. The number of ether oxygens (including phenoxy) is 8. The molecule has 428 valence electrons. The second kappa shape index (κ2) is 27.7. The van der Waals surface area contributed by atoms with Gasteiger partial charge in [0.1, 0.15) is 0 Å². The minimum atomic E-state index is -0.295. The van der Waals surface area contributed by atoms with Gasteiger partial charge in [0.2, 0.25) is 18.9 Å². The molecular formula is C53H78N12O8S5. The van der Waals surface area contributed by atoms with E-state index in [0.717, 1.165) is 116 Å². The van der Waals surface area contributed by atoms with E-state index >= 15 is 0 Å². The first-order valence-corrected chi connectivity index (χ1v) is 30.0. The van der Waals surface area contributed by atoms with Crippen molar-refractivity contribution < 1.29 is 37.9 Å². The maximum absolute atomic E-state index is 6.02. The SMILES string of the molecule is CCCOC1CSc2c(N)c(C)cc(N)c2O1.CCOC1CSc2c(N)c(C)cc(N)c2O1.COC1CSc2c(N)c(C)cc(N)c2O1.Cc1cc(N)c2c(c1N)SCC(N(C)C)O2.Cc1cc(N)c2c(c1N)SCC(N)O2. The van der Waals surface area contributed by atoms with Gasteiger partial charge in [-0.2, -0.15) is 0 Å². The number of nitrogens with two attached hydrogens (primary N) is 11. The molecule has 0 spiro atoms. The van der Waals surface area contributed by atoms with Crippen LogP contribution in [-0.2, 0) is 14.2 Å². The third kappa shape index (κ3) is 14.7. The van der Waals surface area contributed by atoms with E-state index in [0.29, 0.717) is 70.4 Å². The van der Waals surface area contributed by atoms with Gasteiger partial charge in [-0.05, 0) is 120 Å². The van der Waals surface area contributed by atoms with Crippen LogP contribution in [0.4, 0.5) is 56.9 Å². The van der Waals surface area contributed by atoms with Gasteiger partial charge in [-0.15, -0.1) is 58.8 Å². The van der Waals surface area contributed by atoms with E-state index in [9.17, 15) is 0 Å². The summed E-state index contributed by atoms with van der Waals surface area (Å²) in [5.41, 5.74) is 77.0. The zero-order chi connectivity index (χ0) is 57.3. The van der Waals surface area contributed by atoms with Crippen molar-refractivity contribution in [2.45, 2.75) is 111 Å². The summed E-state index contributed by atoms with van der Waals surface area (Å²) in [6.07, 6.45) is 0.0394. The van der Waals surface area contributed by atoms with E-state index < -0.39 is 0 Å². The van der Waals surface area contributed by atoms with Gasteiger partial charge in [-0.3, -0.25) is 10.6 Å². The highest BCUT2D eigenvalue weighted by atomic mass is 32.2. The number of anilines is 10. The predicted octanol–water partition coefficient (Wildman–Crippen LogP) is 8.48. The molecule has 5 aromatic rings. The first-order valence-electron chi connectivity index (χ1n) is 25.1. The quantitative estimate of drug-likeness (QED) is 0.0680. The Kier molecular flexibility index (Phi) is 22.0. The molecule has 0 radical (unpaired) electrons. The summed E-state index contributed by atoms with van der Waals surface area (Å²) in [6.45, 7) is 15.1. The number of aryl methyl sites for hydroxylation is 5. The van der Waals surface area contributed by atoms with Crippen molar-refractivity contribution in [1.29, 1.82) is 0 Å². The van der Waals surface area contributed by atoms with Crippen LogP contribution in [-0.4, -0.2) is 99.4 Å². The lowest BCUT2D eigenvalue weighted by molar-refractivity contribution is -0.0658. The molecule has 5 aromatic carbocycles. The Balaban J connectivity index is 0.000000158. The van der Waals surface area contributed by atoms with Crippen molar-refractivity contribution in [3.8, 4) is 28.7 Å². The van der Waals surface area contributed by atoms with E-state index in [1.165, 1.54) is 0 Å². The van der Waals surface area contributed by atoms with Crippen LogP contribution in [0.25, 0.3) is 0 Å². The van der Waals surface area contributed by atoms with E-state index in [-0.39, 0.29) is 31.3 Å². The molecule has 0 aromatic heterocycles. The van der Waals surface area contributed by atoms with Crippen LogP contribution in [0.2, 0.25) is 0 Å². The molecule has 22 N–H and O–H groups in total. The fourth-order valence-corrected chi connectivity index (χ4v) is 13.5. The first-order chi connectivity index (χ1) is 37.0. The fourth-order valence-electron chi connectivity index (χ4n) is 7.97. The summed E-state index contributed by atoms with van der Waals surface area (Å²) in [4.78, 5) is 6.75. The van der Waals surface area contributed by atoms with Gasteiger partial charge in [0.05, 0.1) is 105 Å². The molecule has 20 nitrogen and oxygen atoms in total.